The molecule has 0 saturated heterocycles. The highest BCUT2D eigenvalue weighted by atomic mass is 32.2. The van der Waals surface area contributed by atoms with Crippen LogP contribution in [-0.4, -0.2) is 14.1 Å². The molecule has 0 amide bonds. The molecule has 4 aromatic carbocycles. The number of primary sulfonamides is 1. The molecule has 1 atom stereocenters. The molecule has 0 aromatic heterocycles. The van der Waals surface area contributed by atoms with Gasteiger partial charge in [-0.25, -0.2) is 13.6 Å². The van der Waals surface area contributed by atoms with Gasteiger partial charge < -0.3 is 4.74 Å². The summed E-state index contributed by atoms with van der Waals surface area (Å²) in [4.78, 5) is 0.0740. The maximum Gasteiger partial charge on any atom is 0.238 e. The third-order valence-corrected chi connectivity index (χ3v) is 6.62. The summed E-state index contributed by atoms with van der Waals surface area (Å²) in [6, 6.07) is 34.2. The van der Waals surface area contributed by atoms with Crippen LogP contribution < -0.4 is 14.9 Å². The Morgan fingerprint density at radius 3 is 1.97 bits per heavy atom. The van der Waals surface area contributed by atoms with Crippen LogP contribution in [0.15, 0.2) is 119 Å². The van der Waals surface area contributed by atoms with Crippen LogP contribution in [0.1, 0.15) is 23.6 Å². The van der Waals surface area contributed by atoms with E-state index >= 15 is 0 Å². The lowest BCUT2D eigenvalue weighted by Gasteiger charge is -2.24. The molecule has 0 bridgehead atoms. The quantitative estimate of drug-likeness (QED) is 0.405. The predicted octanol–water partition coefficient (Wildman–Crippen LogP) is 5.48. The molecule has 0 radical (unpaired) electrons. The van der Waals surface area contributed by atoms with E-state index in [4.69, 9.17) is 15.0 Å². The molecular weight excluding hydrogens is 446 g/mol. The highest BCUT2D eigenvalue weighted by Gasteiger charge is 2.30. The molecule has 1 aliphatic rings. The summed E-state index contributed by atoms with van der Waals surface area (Å²) in [5, 5.41) is 12.1. The van der Waals surface area contributed by atoms with Gasteiger partial charge in [-0.1, -0.05) is 48.5 Å². The van der Waals surface area contributed by atoms with Gasteiger partial charge in [0.05, 0.1) is 22.3 Å². The summed E-state index contributed by atoms with van der Waals surface area (Å²) >= 11 is 0. The maximum atomic E-state index is 11.7. The predicted molar refractivity (Wildman–Crippen MR) is 134 cm³/mol. The van der Waals surface area contributed by atoms with Crippen molar-refractivity contribution in [3.05, 3.63) is 120 Å². The first-order valence-electron chi connectivity index (χ1n) is 10.9. The van der Waals surface area contributed by atoms with Gasteiger partial charge in [-0.15, -0.1) is 0 Å². The Hall–Kier alpha value is -3.94. The monoisotopic (exact) mass is 469 g/mol. The van der Waals surface area contributed by atoms with E-state index in [1.165, 1.54) is 12.1 Å². The number of ether oxygens (including phenoxy) is 1. The molecular formula is C27H23N3O3S. The number of anilines is 1. The Balaban J connectivity index is 1.44. The van der Waals surface area contributed by atoms with Crippen molar-refractivity contribution < 1.29 is 13.2 Å². The molecule has 0 saturated carbocycles. The molecule has 7 heteroatoms. The Morgan fingerprint density at radius 2 is 1.35 bits per heavy atom. The van der Waals surface area contributed by atoms with Crippen molar-refractivity contribution in [2.75, 3.05) is 5.01 Å². The van der Waals surface area contributed by atoms with Gasteiger partial charge in [0.1, 0.15) is 11.5 Å². The van der Waals surface area contributed by atoms with E-state index in [0.29, 0.717) is 6.42 Å². The number of para-hydroxylation sites is 1. The van der Waals surface area contributed by atoms with Crippen LogP contribution in [0.3, 0.4) is 0 Å². The van der Waals surface area contributed by atoms with Crippen LogP contribution >= 0.6 is 0 Å². The molecule has 6 nitrogen and oxygen atoms in total. The first-order valence-corrected chi connectivity index (χ1v) is 12.4. The number of benzene rings is 4. The van der Waals surface area contributed by atoms with Gasteiger partial charge in [0, 0.05) is 6.42 Å². The van der Waals surface area contributed by atoms with E-state index in [9.17, 15) is 8.42 Å². The lowest BCUT2D eigenvalue weighted by Crippen LogP contribution is -2.19. The number of hydrogen-bond donors (Lipinski definition) is 1. The number of hydrazone groups is 1. The van der Waals surface area contributed by atoms with Crippen LogP contribution in [0.25, 0.3) is 0 Å². The number of hydrogen-bond acceptors (Lipinski definition) is 5. The van der Waals surface area contributed by atoms with Crippen LogP contribution in [0, 0.1) is 0 Å². The average molecular weight is 470 g/mol. The van der Waals surface area contributed by atoms with Crippen molar-refractivity contribution in [1.29, 1.82) is 0 Å². The van der Waals surface area contributed by atoms with Crippen LogP contribution in [0.4, 0.5) is 5.69 Å². The van der Waals surface area contributed by atoms with Gasteiger partial charge >= 0.3 is 0 Å². The summed E-state index contributed by atoms with van der Waals surface area (Å²) in [6.45, 7) is 0. The zero-order valence-electron chi connectivity index (χ0n) is 18.3. The second-order valence-electron chi connectivity index (χ2n) is 8.00. The Bertz CT molecular complexity index is 1400. The molecule has 170 valence electrons. The smallest absolute Gasteiger partial charge is 0.238 e. The number of nitrogens with two attached hydrogens (primary N) is 1. The van der Waals surface area contributed by atoms with Crippen molar-refractivity contribution in [3.63, 3.8) is 0 Å². The second-order valence-corrected chi connectivity index (χ2v) is 9.56. The van der Waals surface area contributed by atoms with Gasteiger partial charge in [-0.05, 0) is 71.8 Å². The van der Waals surface area contributed by atoms with Crippen LogP contribution in [0.5, 0.6) is 11.5 Å². The minimum Gasteiger partial charge on any atom is -0.457 e. The minimum absolute atomic E-state index is 0.0169. The minimum atomic E-state index is -3.76. The molecule has 4 aromatic rings. The lowest BCUT2D eigenvalue weighted by atomic mass is 9.98. The SMILES string of the molecule is NS(=O)(=O)c1ccc(N2N=C(c3ccc(Oc4ccccc4)cc3)CC2c2ccccc2)cc1. The first kappa shape index (κ1) is 21.9. The fourth-order valence-corrected chi connectivity index (χ4v) is 4.50. The Labute approximate surface area is 199 Å². The van der Waals surface area contributed by atoms with Crippen molar-refractivity contribution in [3.8, 4) is 11.5 Å². The standard InChI is InChI=1S/C27H23N3O3S/c28-34(31,32)25-17-13-22(14-18-25)30-27(21-7-3-1-4-8-21)19-26(29-30)20-11-15-24(16-12-20)33-23-9-5-2-6-10-23/h1-18,27H,19H2,(H2,28,31,32). The molecule has 0 spiro atoms. The topological polar surface area (TPSA) is 85.0 Å². The maximum absolute atomic E-state index is 11.7. The zero-order chi connectivity index (χ0) is 23.5. The van der Waals surface area contributed by atoms with E-state index < -0.39 is 10.0 Å². The summed E-state index contributed by atoms with van der Waals surface area (Å²) in [5.74, 6) is 1.54. The van der Waals surface area contributed by atoms with E-state index in [-0.39, 0.29) is 10.9 Å². The third-order valence-electron chi connectivity index (χ3n) is 5.69. The van der Waals surface area contributed by atoms with Gasteiger partial charge in [0.15, 0.2) is 0 Å². The van der Waals surface area contributed by atoms with Crippen molar-refractivity contribution in [2.24, 2.45) is 10.2 Å². The van der Waals surface area contributed by atoms with Crippen molar-refractivity contribution in [2.45, 2.75) is 17.4 Å². The summed E-state index contributed by atoms with van der Waals surface area (Å²) < 4.78 is 29.2. The third kappa shape index (κ3) is 4.71. The molecule has 34 heavy (non-hydrogen) atoms. The first-order chi connectivity index (χ1) is 16.5. The lowest BCUT2D eigenvalue weighted by molar-refractivity contribution is 0.482. The fraction of sp³-hybridized carbons (Fsp3) is 0.0741. The normalized spacial score (nSPS) is 15.7. The van der Waals surface area contributed by atoms with E-state index in [0.717, 1.165) is 34.0 Å². The van der Waals surface area contributed by atoms with Gasteiger partial charge in [0.25, 0.3) is 0 Å². The molecule has 5 rings (SSSR count). The van der Waals surface area contributed by atoms with E-state index in [1.54, 1.807) is 12.1 Å². The van der Waals surface area contributed by atoms with E-state index in [2.05, 4.69) is 12.1 Å². The number of sulfonamides is 1. The Kier molecular flexibility index (Phi) is 5.88. The highest BCUT2D eigenvalue weighted by molar-refractivity contribution is 7.89. The molecule has 0 aliphatic carbocycles. The molecule has 1 unspecified atom stereocenters. The summed E-state index contributed by atoms with van der Waals surface area (Å²) in [5.41, 5.74) is 3.86. The number of nitrogens with zero attached hydrogens (tertiary/aromatic N) is 2. The average Bonchev–Trinajstić information content (AvgIpc) is 3.31. The van der Waals surface area contributed by atoms with Crippen LogP contribution in [0.2, 0.25) is 0 Å². The molecule has 1 aliphatic heterocycles. The highest BCUT2D eigenvalue weighted by Crippen LogP contribution is 2.37. The van der Waals surface area contributed by atoms with Gasteiger partial charge in [0.2, 0.25) is 10.0 Å². The van der Waals surface area contributed by atoms with Crippen molar-refractivity contribution in [1.82, 2.24) is 0 Å². The zero-order valence-corrected chi connectivity index (χ0v) is 19.1. The fourth-order valence-electron chi connectivity index (χ4n) is 3.99. The van der Waals surface area contributed by atoms with Crippen molar-refractivity contribution >= 4 is 21.4 Å². The van der Waals surface area contributed by atoms with Gasteiger partial charge in [-0.2, -0.15) is 5.10 Å². The molecule has 2 N–H and O–H groups in total. The molecule has 0 fully saturated rings. The van der Waals surface area contributed by atoms with Crippen LogP contribution in [-0.2, 0) is 10.0 Å². The van der Waals surface area contributed by atoms with E-state index in [1.807, 2.05) is 77.8 Å². The molecule has 1 heterocycles. The second kappa shape index (κ2) is 9.13. The Morgan fingerprint density at radius 1 is 0.765 bits per heavy atom. The summed E-state index contributed by atoms with van der Waals surface area (Å²) in [7, 11) is -3.76. The summed E-state index contributed by atoms with van der Waals surface area (Å²) in [6.07, 6.45) is 0.708. The van der Waals surface area contributed by atoms with Gasteiger partial charge in [-0.3, -0.25) is 5.01 Å². The number of rotatable bonds is 6. The largest absolute Gasteiger partial charge is 0.457 e.